The molecule has 1 N–H and O–H groups in total. The van der Waals surface area contributed by atoms with Gasteiger partial charge in [0.1, 0.15) is 28.3 Å². The van der Waals surface area contributed by atoms with Gasteiger partial charge in [0.05, 0.1) is 28.3 Å². The summed E-state index contributed by atoms with van der Waals surface area (Å²) >= 11 is 6.21. The molecule has 0 saturated heterocycles. The number of aromatic nitrogens is 3. The highest BCUT2D eigenvalue weighted by molar-refractivity contribution is 6.32. The number of fused-ring (bicyclic) bond motifs is 1. The molecule has 1 amide bonds. The molecule has 0 fully saturated rings. The monoisotopic (exact) mass is 515 g/mol. The second-order valence-corrected chi connectivity index (χ2v) is 8.22. The number of furan rings is 1. The van der Waals surface area contributed by atoms with Gasteiger partial charge < -0.3 is 14.5 Å². The molecule has 0 aliphatic rings. The van der Waals surface area contributed by atoms with Crippen LogP contribution in [0.25, 0.3) is 34.1 Å². The number of methoxy groups -OCH3 is 1. The van der Waals surface area contributed by atoms with Gasteiger partial charge in [-0.05, 0) is 60.7 Å². The summed E-state index contributed by atoms with van der Waals surface area (Å²) < 4.78 is 10.8. The number of hydrogen-bond acceptors (Lipinski definition) is 7. The van der Waals surface area contributed by atoms with Crippen molar-refractivity contribution in [2.45, 2.75) is 0 Å². The minimum atomic E-state index is -0.470. The van der Waals surface area contributed by atoms with Crippen molar-refractivity contribution < 1.29 is 18.9 Å². The van der Waals surface area contributed by atoms with Crippen molar-refractivity contribution in [3.63, 3.8) is 0 Å². The van der Waals surface area contributed by atoms with Crippen LogP contribution in [-0.2, 0) is 4.79 Å². The fourth-order valence-electron chi connectivity index (χ4n) is 3.66. The predicted molar refractivity (Wildman–Crippen MR) is 139 cm³/mol. The fraction of sp³-hybridized carbons (Fsp3) is 0.0385. The lowest BCUT2D eigenvalue weighted by atomic mass is 10.1. The minimum Gasteiger partial charge on any atom is -0.495 e. The molecule has 0 radical (unpaired) electrons. The van der Waals surface area contributed by atoms with Gasteiger partial charge in [-0.3, -0.25) is 14.9 Å². The maximum atomic E-state index is 12.5. The number of benzene rings is 3. The van der Waals surface area contributed by atoms with Crippen molar-refractivity contribution in [1.82, 2.24) is 15.0 Å². The zero-order valence-corrected chi connectivity index (χ0v) is 20.0. The topological polar surface area (TPSA) is 125 Å². The van der Waals surface area contributed by atoms with Gasteiger partial charge in [-0.1, -0.05) is 23.7 Å². The highest BCUT2D eigenvalue weighted by Gasteiger charge is 2.17. The van der Waals surface area contributed by atoms with Crippen LogP contribution in [0.3, 0.4) is 0 Å². The Hall–Kier alpha value is -4.96. The van der Waals surface area contributed by atoms with E-state index in [0.717, 1.165) is 0 Å². The molecule has 2 heterocycles. The lowest BCUT2D eigenvalue weighted by Crippen LogP contribution is -2.07. The molecule has 0 saturated carbocycles. The minimum absolute atomic E-state index is 0.0625. The maximum absolute atomic E-state index is 12.5. The van der Waals surface area contributed by atoms with E-state index in [1.807, 2.05) is 0 Å². The third-order valence-electron chi connectivity index (χ3n) is 5.41. The largest absolute Gasteiger partial charge is 0.495 e. The summed E-state index contributed by atoms with van der Waals surface area (Å²) in [6.07, 6.45) is 2.79. The first kappa shape index (κ1) is 23.8. The molecule has 5 rings (SSSR count). The van der Waals surface area contributed by atoms with E-state index < -0.39 is 10.8 Å². The van der Waals surface area contributed by atoms with Crippen LogP contribution in [0.4, 0.5) is 11.4 Å². The lowest BCUT2D eigenvalue weighted by Gasteiger charge is -2.04. The number of nitro benzene ring substituents is 1. The zero-order chi connectivity index (χ0) is 25.9. The van der Waals surface area contributed by atoms with Gasteiger partial charge in [-0.2, -0.15) is 4.80 Å². The van der Waals surface area contributed by atoms with Crippen LogP contribution in [0, 0.1) is 10.1 Å². The number of nitro groups is 1. The molecule has 0 spiro atoms. The van der Waals surface area contributed by atoms with E-state index in [-0.39, 0.29) is 5.69 Å². The van der Waals surface area contributed by atoms with E-state index in [9.17, 15) is 14.9 Å². The Morgan fingerprint density at radius 1 is 1.08 bits per heavy atom. The molecular formula is C26H18ClN5O5. The van der Waals surface area contributed by atoms with E-state index in [4.69, 9.17) is 20.8 Å². The second-order valence-electron chi connectivity index (χ2n) is 7.81. The van der Waals surface area contributed by atoms with Crippen LogP contribution >= 0.6 is 11.6 Å². The van der Waals surface area contributed by atoms with Crippen LogP contribution in [-0.4, -0.2) is 32.9 Å². The number of amides is 1. The third kappa shape index (κ3) is 5.04. The molecule has 0 aliphatic carbocycles. The predicted octanol–water partition coefficient (Wildman–Crippen LogP) is 5.90. The molecule has 184 valence electrons. The number of para-hydroxylation sites is 1. The average molecular weight is 516 g/mol. The summed E-state index contributed by atoms with van der Waals surface area (Å²) in [4.78, 5) is 24.7. The van der Waals surface area contributed by atoms with Gasteiger partial charge in [0, 0.05) is 17.8 Å². The van der Waals surface area contributed by atoms with Crippen molar-refractivity contribution in [2.75, 3.05) is 12.4 Å². The average Bonchev–Trinajstić information content (AvgIpc) is 3.54. The molecule has 5 aromatic rings. The van der Waals surface area contributed by atoms with Crippen molar-refractivity contribution in [2.24, 2.45) is 0 Å². The van der Waals surface area contributed by atoms with Gasteiger partial charge in [0.15, 0.2) is 0 Å². The summed E-state index contributed by atoms with van der Waals surface area (Å²) in [5.74, 6) is 0.864. The molecule has 3 aromatic carbocycles. The standard InChI is InChI=1S/C26H18ClN5O5/c1-36-25-11-7-17(15-20(25)27)31-29-21-10-6-16(14-22(21)30-31)28-26(33)13-9-18-8-12-24(37-18)19-4-2-3-5-23(19)32(34)35/h2-15H,1H3,(H,28,33)/b13-9+. The number of halogens is 1. The molecule has 0 bridgehead atoms. The normalized spacial score (nSPS) is 11.2. The summed E-state index contributed by atoms with van der Waals surface area (Å²) in [6, 6.07) is 19.9. The van der Waals surface area contributed by atoms with E-state index in [0.29, 0.717) is 50.3 Å². The lowest BCUT2D eigenvalue weighted by molar-refractivity contribution is -0.384. The van der Waals surface area contributed by atoms with E-state index in [2.05, 4.69) is 15.5 Å². The Morgan fingerprint density at radius 2 is 1.89 bits per heavy atom. The van der Waals surface area contributed by atoms with Gasteiger partial charge >= 0.3 is 0 Å². The Labute approximate surface area is 214 Å². The molecule has 0 unspecified atom stereocenters. The van der Waals surface area contributed by atoms with E-state index in [1.165, 1.54) is 30.1 Å². The molecule has 37 heavy (non-hydrogen) atoms. The van der Waals surface area contributed by atoms with Crippen molar-refractivity contribution in [3.05, 3.63) is 99.8 Å². The molecule has 2 aromatic heterocycles. The van der Waals surface area contributed by atoms with Crippen LogP contribution < -0.4 is 10.1 Å². The van der Waals surface area contributed by atoms with Crippen molar-refractivity contribution >= 4 is 46.0 Å². The number of hydrogen-bond donors (Lipinski definition) is 1. The highest BCUT2D eigenvalue weighted by Crippen LogP contribution is 2.31. The Morgan fingerprint density at radius 3 is 2.68 bits per heavy atom. The van der Waals surface area contributed by atoms with Crippen LogP contribution in [0.15, 0.2) is 83.3 Å². The van der Waals surface area contributed by atoms with Crippen LogP contribution in [0.1, 0.15) is 5.76 Å². The van der Waals surface area contributed by atoms with Crippen LogP contribution in [0.2, 0.25) is 5.02 Å². The van der Waals surface area contributed by atoms with Gasteiger partial charge in [0.25, 0.3) is 5.69 Å². The first-order chi connectivity index (χ1) is 17.9. The number of ether oxygens (including phenoxy) is 1. The summed E-state index contributed by atoms with van der Waals surface area (Å²) in [5, 5.41) is 23.4. The number of carbonyl (C=O) groups is 1. The fourth-order valence-corrected chi connectivity index (χ4v) is 3.91. The number of anilines is 1. The number of carbonyl (C=O) groups excluding carboxylic acids is 1. The van der Waals surface area contributed by atoms with Gasteiger partial charge in [-0.15, -0.1) is 10.2 Å². The maximum Gasteiger partial charge on any atom is 0.280 e. The van der Waals surface area contributed by atoms with E-state index >= 15 is 0 Å². The molecular weight excluding hydrogens is 498 g/mol. The molecule has 0 aliphatic heterocycles. The molecule has 10 nitrogen and oxygen atoms in total. The third-order valence-corrected chi connectivity index (χ3v) is 5.70. The summed E-state index contributed by atoms with van der Waals surface area (Å²) in [7, 11) is 1.54. The summed E-state index contributed by atoms with van der Waals surface area (Å²) in [5.41, 5.74) is 2.70. The summed E-state index contributed by atoms with van der Waals surface area (Å²) in [6.45, 7) is 0. The zero-order valence-electron chi connectivity index (χ0n) is 19.3. The number of nitrogens with zero attached hydrogens (tertiary/aromatic N) is 4. The number of rotatable bonds is 7. The quantitative estimate of drug-likeness (QED) is 0.162. The molecule has 0 atom stereocenters. The van der Waals surface area contributed by atoms with Gasteiger partial charge in [0.2, 0.25) is 5.91 Å². The van der Waals surface area contributed by atoms with Crippen LogP contribution in [0.5, 0.6) is 5.75 Å². The first-order valence-electron chi connectivity index (χ1n) is 10.9. The van der Waals surface area contributed by atoms with Gasteiger partial charge in [-0.25, -0.2) is 0 Å². The highest BCUT2D eigenvalue weighted by atomic mass is 35.5. The SMILES string of the molecule is COc1ccc(-n2nc3ccc(NC(=O)/C=C/c4ccc(-c5ccccc5[N+](=O)[O-])o4)cc3n2)cc1Cl. The number of nitrogens with one attached hydrogen (secondary N) is 1. The molecule has 11 heteroatoms. The smallest absolute Gasteiger partial charge is 0.280 e. The van der Waals surface area contributed by atoms with Crippen molar-refractivity contribution in [3.8, 4) is 22.8 Å². The first-order valence-corrected chi connectivity index (χ1v) is 11.3. The van der Waals surface area contributed by atoms with Crippen molar-refractivity contribution in [1.29, 1.82) is 0 Å². The second kappa shape index (κ2) is 9.96. The van der Waals surface area contributed by atoms with E-state index in [1.54, 1.807) is 66.7 Å². The Bertz CT molecular complexity index is 1670. The Kier molecular flexibility index (Phi) is 6.40. The Balaban J connectivity index is 1.29.